The highest BCUT2D eigenvalue weighted by atomic mass is 19.4. The van der Waals surface area contributed by atoms with Crippen molar-refractivity contribution >= 4 is 17.2 Å². The third-order valence-electron chi connectivity index (χ3n) is 7.24. The minimum atomic E-state index is -4.39. The van der Waals surface area contributed by atoms with Gasteiger partial charge in [0.2, 0.25) is 0 Å². The van der Waals surface area contributed by atoms with E-state index in [1.165, 1.54) is 25.8 Å². The Balaban J connectivity index is 1.56. The SMILES string of the molecule is C/C(N)=c1\ncc(N2CC3(CC(N(C)C)C3)C2)c\c1=C(\N)NCc1cccc(C(F)(F)F)c1C. The number of rotatable bonds is 5. The van der Waals surface area contributed by atoms with Gasteiger partial charge >= 0.3 is 6.18 Å². The van der Waals surface area contributed by atoms with Crippen LogP contribution in [-0.2, 0) is 12.7 Å². The van der Waals surface area contributed by atoms with E-state index in [1.54, 1.807) is 13.0 Å². The van der Waals surface area contributed by atoms with Crippen LogP contribution < -0.4 is 32.3 Å². The monoisotopic (exact) mass is 474 g/mol. The van der Waals surface area contributed by atoms with Crippen molar-refractivity contribution < 1.29 is 13.2 Å². The minimum Gasteiger partial charge on any atom is -0.401 e. The highest BCUT2D eigenvalue weighted by Crippen LogP contribution is 2.50. The molecule has 1 aliphatic carbocycles. The number of nitrogens with zero attached hydrogens (tertiary/aromatic N) is 3. The highest BCUT2D eigenvalue weighted by Gasteiger charge is 2.52. The van der Waals surface area contributed by atoms with Crippen LogP contribution in [0.4, 0.5) is 18.9 Å². The summed E-state index contributed by atoms with van der Waals surface area (Å²) < 4.78 is 39.8. The minimum absolute atomic E-state index is 0.160. The maximum atomic E-state index is 13.3. The van der Waals surface area contributed by atoms with Gasteiger partial charge in [-0.25, -0.2) is 0 Å². The summed E-state index contributed by atoms with van der Waals surface area (Å²) in [7, 11) is 4.25. The number of anilines is 1. The summed E-state index contributed by atoms with van der Waals surface area (Å²) in [6.45, 7) is 5.36. The second-order valence-corrected chi connectivity index (χ2v) is 10.0. The van der Waals surface area contributed by atoms with E-state index >= 15 is 0 Å². The zero-order valence-corrected chi connectivity index (χ0v) is 20.1. The summed E-state index contributed by atoms with van der Waals surface area (Å²) in [6.07, 6.45) is -0.171. The largest absolute Gasteiger partial charge is 0.416 e. The quantitative estimate of drug-likeness (QED) is 0.614. The Labute approximate surface area is 198 Å². The van der Waals surface area contributed by atoms with Crippen molar-refractivity contribution in [3.05, 3.63) is 57.7 Å². The van der Waals surface area contributed by atoms with Gasteiger partial charge in [-0.3, -0.25) is 4.98 Å². The van der Waals surface area contributed by atoms with E-state index in [0.717, 1.165) is 24.8 Å². The lowest BCUT2D eigenvalue weighted by Crippen LogP contribution is -2.66. The van der Waals surface area contributed by atoms with Crippen molar-refractivity contribution in [1.82, 2.24) is 15.2 Å². The van der Waals surface area contributed by atoms with E-state index in [1.807, 2.05) is 12.3 Å². The molecule has 2 aliphatic rings. The summed E-state index contributed by atoms with van der Waals surface area (Å²) in [5.41, 5.74) is 14.4. The van der Waals surface area contributed by atoms with Crippen LogP contribution in [0.3, 0.4) is 0 Å². The molecule has 1 aliphatic heterocycles. The number of pyridine rings is 1. The summed E-state index contributed by atoms with van der Waals surface area (Å²) >= 11 is 0. The van der Waals surface area contributed by atoms with E-state index in [4.69, 9.17) is 11.5 Å². The fraction of sp³-hybridized carbons (Fsp3) is 0.480. The average molecular weight is 475 g/mol. The topological polar surface area (TPSA) is 83.4 Å². The molecule has 9 heteroatoms. The standard InChI is InChI=1S/C25H33F3N6/c1-15-17(6-5-7-21(15)25(26,27)28)11-32-23(30)20-8-18(12-31-22(20)16(2)29)34-13-24(14-34)9-19(10-24)33(3)4/h5-8,12,19,32H,9-11,13-14,29-30H2,1-4H3/b22-16+,23-20+. The lowest BCUT2D eigenvalue weighted by atomic mass is 9.60. The molecule has 1 saturated carbocycles. The lowest BCUT2D eigenvalue weighted by molar-refractivity contribution is -0.138. The third kappa shape index (κ3) is 4.53. The molecule has 0 bridgehead atoms. The van der Waals surface area contributed by atoms with E-state index in [0.29, 0.717) is 39.1 Å². The van der Waals surface area contributed by atoms with Gasteiger partial charge in [0.15, 0.2) is 0 Å². The summed E-state index contributed by atoms with van der Waals surface area (Å²) in [5.74, 6) is 0.331. The van der Waals surface area contributed by atoms with Gasteiger partial charge in [-0.05, 0) is 64.0 Å². The first-order valence-electron chi connectivity index (χ1n) is 11.4. The molecule has 1 aromatic carbocycles. The molecule has 0 amide bonds. The Kier molecular flexibility index (Phi) is 6.18. The molecular weight excluding hydrogens is 441 g/mol. The van der Waals surface area contributed by atoms with Crippen LogP contribution in [0.2, 0.25) is 0 Å². The Hall–Kier alpha value is -2.94. The van der Waals surface area contributed by atoms with E-state index < -0.39 is 11.7 Å². The first-order chi connectivity index (χ1) is 15.9. The zero-order chi connectivity index (χ0) is 24.8. The Morgan fingerprint density at radius 2 is 1.91 bits per heavy atom. The van der Waals surface area contributed by atoms with Crippen LogP contribution in [0.15, 0.2) is 30.5 Å². The second kappa shape index (κ2) is 8.69. The maximum absolute atomic E-state index is 13.3. The van der Waals surface area contributed by atoms with Crippen LogP contribution in [0, 0.1) is 12.3 Å². The Bertz CT molecular complexity index is 1190. The fourth-order valence-electron chi connectivity index (χ4n) is 5.12. The number of hydrogen-bond acceptors (Lipinski definition) is 6. The molecule has 0 atom stereocenters. The van der Waals surface area contributed by atoms with Crippen LogP contribution in [0.25, 0.3) is 11.5 Å². The van der Waals surface area contributed by atoms with E-state index in [9.17, 15) is 13.2 Å². The number of benzene rings is 1. The molecule has 1 aromatic heterocycles. The van der Waals surface area contributed by atoms with Gasteiger partial charge in [-0.2, -0.15) is 13.2 Å². The van der Waals surface area contributed by atoms with E-state index in [-0.39, 0.29) is 12.1 Å². The zero-order valence-electron chi connectivity index (χ0n) is 20.1. The molecule has 1 spiro atoms. The Morgan fingerprint density at radius 3 is 2.50 bits per heavy atom. The molecule has 184 valence electrons. The number of nitrogens with one attached hydrogen (secondary N) is 1. The fourth-order valence-corrected chi connectivity index (χ4v) is 5.12. The molecular formula is C25H33F3N6. The maximum Gasteiger partial charge on any atom is 0.416 e. The second-order valence-electron chi connectivity index (χ2n) is 10.0. The molecule has 2 fully saturated rings. The molecule has 4 rings (SSSR count). The summed E-state index contributed by atoms with van der Waals surface area (Å²) in [4.78, 5) is 9.14. The van der Waals surface area contributed by atoms with Gasteiger partial charge in [0.05, 0.1) is 22.8 Å². The van der Waals surface area contributed by atoms with Crippen LogP contribution in [0.5, 0.6) is 0 Å². The van der Waals surface area contributed by atoms with Gasteiger partial charge in [0, 0.05) is 42.0 Å². The smallest absolute Gasteiger partial charge is 0.401 e. The number of hydrogen-bond donors (Lipinski definition) is 3. The van der Waals surface area contributed by atoms with E-state index in [2.05, 4.69) is 34.2 Å². The Morgan fingerprint density at radius 1 is 1.24 bits per heavy atom. The van der Waals surface area contributed by atoms with Crippen molar-refractivity contribution in [2.24, 2.45) is 16.9 Å². The highest BCUT2D eigenvalue weighted by molar-refractivity contribution is 5.54. The number of aromatic nitrogens is 1. The van der Waals surface area contributed by atoms with Crippen LogP contribution in [0.1, 0.15) is 36.5 Å². The number of halogens is 3. The van der Waals surface area contributed by atoms with Crippen molar-refractivity contribution in [1.29, 1.82) is 0 Å². The summed E-state index contributed by atoms with van der Waals surface area (Å²) in [5, 5.41) is 4.31. The average Bonchev–Trinajstić information content (AvgIpc) is 2.69. The predicted molar refractivity (Wildman–Crippen MR) is 129 cm³/mol. The van der Waals surface area contributed by atoms with Crippen molar-refractivity contribution in [3.63, 3.8) is 0 Å². The first-order valence-corrected chi connectivity index (χ1v) is 11.4. The van der Waals surface area contributed by atoms with Gasteiger partial charge in [-0.15, -0.1) is 0 Å². The molecule has 5 N–H and O–H groups in total. The van der Waals surface area contributed by atoms with Crippen LogP contribution >= 0.6 is 0 Å². The molecule has 0 unspecified atom stereocenters. The van der Waals surface area contributed by atoms with Crippen LogP contribution in [-0.4, -0.2) is 43.1 Å². The molecule has 6 nitrogen and oxygen atoms in total. The lowest BCUT2D eigenvalue weighted by Gasteiger charge is -2.61. The normalized spacial score (nSPS) is 19.6. The van der Waals surface area contributed by atoms with Gasteiger partial charge < -0.3 is 26.6 Å². The molecule has 2 heterocycles. The van der Waals surface area contributed by atoms with Gasteiger partial charge in [0.25, 0.3) is 0 Å². The summed E-state index contributed by atoms with van der Waals surface area (Å²) in [6, 6.07) is 6.79. The predicted octanol–water partition coefficient (Wildman–Crippen LogP) is 1.84. The third-order valence-corrected chi connectivity index (χ3v) is 7.24. The van der Waals surface area contributed by atoms with Gasteiger partial charge in [0.1, 0.15) is 5.82 Å². The molecule has 2 aromatic rings. The molecule has 1 saturated heterocycles. The number of alkyl halides is 3. The van der Waals surface area contributed by atoms with Gasteiger partial charge in [-0.1, -0.05) is 12.1 Å². The van der Waals surface area contributed by atoms with Crippen molar-refractivity contribution in [2.45, 2.75) is 45.5 Å². The number of nitrogens with two attached hydrogens (primary N) is 2. The molecule has 0 radical (unpaired) electrons. The first kappa shape index (κ1) is 24.2. The van der Waals surface area contributed by atoms with Crippen molar-refractivity contribution in [3.8, 4) is 0 Å². The van der Waals surface area contributed by atoms with Crippen molar-refractivity contribution in [2.75, 3.05) is 32.1 Å². The molecule has 34 heavy (non-hydrogen) atoms.